The molecule has 0 saturated carbocycles. The maximum absolute atomic E-state index is 12.1. The Hall–Kier alpha value is -1.30. The molecule has 0 bridgehead atoms. The van der Waals surface area contributed by atoms with Crippen molar-refractivity contribution < 1.29 is 9.53 Å². The molecule has 0 unspecified atom stereocenters. The molecule has 1 saturated heterocycles. The Labute approximate surface area is 145 Å². The maximum Gasteiger partial charge on any atom is 0.224 e. The number of nitrogens with one attached hydrogen (secondary N) is 2. The quantitative estimate of drug-likeness (QED) is 0.788. The SMILES string of the molecule is CC(C)Oc1ccccc1CC(=O)NCCN1CCNCC1.Cl. The van der Waals surface area contributed by atoms with Gasteiger partial charge in [-0.15, -0.1) is 12.4 Å². The average molecular weight is 342 g/mol. The molecule has 0 atom stereocenters. The molecule has 130 valence electrons. The second-order valence-corrected chi connectivity index (χ2v) is 5.89. The summed E-state index contributed by atoms with van der Waals surface area (Å²) < 4.78 is 5.75. The highest BCUT2D eigenvalue weighted by Gasteiger charge is 2.11. The normalized spacial score (nSPS) is 15.1. The number of nitrogens with zero attached hydrogens (tertiary/aromatic N) is 1. The fraction of sp³-hybridized carbons (Fsp3) is 0.588. The summed E-state index contributed by atoms with van der Waals surface area (Å²) in [5.74, 6) is 0.852. The first kappa shape index (κ1) is 19.7. The summed E-state index contributed by atoms with van der Waals surface area (Å²) in [7, 11) is 0. The van der Waals surface area contributed by atoms with Gasteiger partial charge in [-0.25, -0.2) is 0 Å². The van der Waals surface area contributed by atoms with Gasteiger partial charge in [0.1, 0.15) is 5.75 Å². The number of halogens is 1. The second-order valence-electron chi connectivity index (χ2n) is 5.89. The van der Waals surface area contributed by atoms with Crippen molar-refractivity contribution in [1.29, 1.82) is 0 Å². The third kappa shape index (κ3) is 7.20. The lowest BCUT2D eigenvalue weighted by molar-refractivity contribution is -0.120. The van der Waals surface area contributed by atoms with Crippen molar-refractivity contribution in [2.75, 3.05) is 39.3 Å². The fourth-order valence-electron chi connectivity index (χ4n) is 2.54. The zero-order valence-corrected chi connectivity index (χ0v) is 14.8. The number of piperazine rings is 1. The zero-order chi connectivity index (χ0) is 15.8. The van der Waals surface area contributed by atoms with E-state index in [1.165, 1.54) is 0 Å². The highest BCUT2D eigenvalue weighted by atomic mass is 35.5. The van der Waals surface area contributed by atoms with Crippen LogP contribution in [0, 0.1) is 0 Å². The Morgan fingerprint density at radius 3 is 2.70 bits per heavy atom. The number of rotatable bonds is 7. The maximum atomic E-state index is 12.1. The molecule has 1 aromatic rings. The molecule has 1 aliphatic rings. The van der Waals surface area contributed by atoms with E-state index in [2.05, 4.69) is 15.5 Å². The fourth-order valence-corrected chi connectivity index (χ4v) is 2.54. The van der Waals surface area contributed by atoms with E-state index in [-0.39, 0.29) is 24.4 Å². The van der Waals surface area contributed by atoms with E-state index in [1.54, 1.807) is 0 Å². The molecule has 1 fully saturated rings. The van der Waals surface area contributed by atoms with Gasteiger partial charge < -0.3 is 15.4 Å². The van der Waals surface area contributed by atoms with E-state index < -0.39 is 0 Å². The number of ether oxygens (including phenoxy) is 1. The lowest BCUT2D eigenvalue weighted by atomic mass is 10.1. The first-order chi connectivity index (χ1) is 10.6. The van der Waals surface area contributed by atoms with E-state index in [9.17, 15) is 4.79 Å². The molecule has 5 nitrogen and oxygen atoms in total. The van der Waals surface area contributed by atoms with Gasteiger partial charge in [0.15, 0.2) is 0 Å². The number of benzene rings is 1. The van der Waals surface area contributed by atoms with Crippen LogP contribution in [0.5, 0.6) is 5.75 Å². The molecule has 1 amide bonds. The standard InChI is InChI=1S/C17H27N3O2.ClH/c1-14(2)22-16-6-4-3-5-15(16)13-17(21)19-9-12-20-10-7-18-8-11-20;/h3-6,14,18H,7-13H2,1-2H3,(H,19,21);1H. The number of para-hydroxylation sites is 1. The molecule has 0 radical (unpaired) electrons. The number of hydrogen-bond donors (Lipinski definition) is 2. The lowest BCUT2D eigenvalue weighted by Gasteiger charge is -2.27. The summed E-state index contributed by atoms with van der Waals surface area (Å²) in [6, 6.07) is 7.75. The zero-order valence-electron chi connectivity index (χ0n) is 14.0. The molecule has 0 spiro atoms. The summed E-state index contributed by atoms with van der Waals surface area (Å²) in [5.41, 5.74) is 0.941. The Kier molecular flexibility index (Phi) is 8.99. The number of carbonyl (C=O) groups excluding carboxylic acids is 1. The lowest BCUT2D eigenvalue weighted by Crippen LogP contribution is -2.46. The van der Waals surface area contributed by atoms with Gasteiger partial charge in [0.2, 0.25) is 5.91 Å². The Morgan fingerprint density at radius 1 is 1.30 bits per heavy atom. The summed E-state index contributed by atoms with van der Waals surface area (Å²) in [5, 5.41) is 6.33. The van der Waals surface area contributed by atoms with E-state index >= 15 is 0 Å². The molecule has 2 rings (SSSR count). The molecule has 23 heavy (non-hydrogen) atoms. The van der Waals surface area contributed by atoms with Gasteiger partial charge >= 0.3 is 0 Å². The summed E-state index contributed by atoms with van der Waals surface area (Å²) in [6.07, 6.45) is 0.474. The van der Waals surface area contributed by atoms with Gasteiger partial charge in [-0.2, -0.15) is 0 Å². The van der Waals surface area contributed by atoms with Gasteiger partial charge in [-0.1, -0.05) is 18.2 Å². The van der Waals surface area contributed by atoms with E-state index in [0.717, 1.165) is 44.0 Å². The summed E-state index contributed by atoms with van der Waals surface area (Å²) >= 11 is 0. The van der Waals surface area contributed by atoms with Crippen molar-refractivity contribution >= 4 is 18.3 Å². The summed E-state index contributed by atoms with van der Waals surface area (Å²) in [4.78, 5) is 14.5. The largest absolute Gasteiger partial charge is 0.491 e. The van der Waals surface area contributed by atoms with E-state index in [0.29, 0.717) is 13.0 Å². The minimum atomic E-state index is 0. The van der Waals surface area contributed by atoms with Crippen LogP contribution in [-0.4, -0.2) is 56.2 Å². The molecule has 2 N–H and O–H groups in total. The second kappa shape index (κ2) is 10.5. The van der Waals surface area contributed by atoms with Crippen LogP contribution >= 0.6 is 12.4 Å². The van der Waals surface area contributed by atoms with Crippen LogP contribution in [0.25, 0.3) is 0 Å². The molecule has 0 aliphatic carbocycles. The van der Waals surface area contributed by atoms with Gasteiger partial charge in [0, 0.05) is 44.8 Å². The highest BCUT2D eigenvalue weighted by molar-refractivity contribution is 5.85. The molecular weight excluding hydrogens is 314 g/mol. The Balaban J connectivity index is 0.00000264. The molecule has 1 aliphatic heterocycles. The third-order valence-electron chi connectivity index (χ3n) is 3.65. The van der Waals surface area contributed by atoms with Crippen molar-refractivity contribution in [2.24, 2.45) is 0 Å². The van der Waals surface area contributed by atoms with Crippen molar-refractivity contribution in [1.82, 2.24) is 15.5 Å². The van der Waals surface area contributed by atoms with Gasteiger partial charge in [-0.05, 0) is 19.9 Å². The third-order valence-corrected chi connectivity index (χ3v) is 3.65. The smallest absolute Gasteiger partial charge is 0.224 e. The van der Waals surface area contributed by atoms with Crippen LogP contribution in [0.2, 0.25) is 0 Å². The first-order valence-electron chi connectivity index (χ1n) is 8.09. The van der Waals surface area contributed by atoms with Crippen LogP contribution in [0.4, 0.5) is 0 Å². The molecular formula is C17H28ClN3O2. The van der Waals surface area contributed by atoms with Gasteiger partial charge in [-0.3, -0.25) is 9.69 Å². The van der Waals surface area contributed by atoms with Gasteiger partial charge in [0.05, 0.1) is 12.5 Å². The van der Waals surface area contributed by atoms with Crippen molar-refractivity contribution in [2.45, 2.75) is 26.4 Å². The Bertz CT molecular complexity index is 477. The molecule has 0 aromatic heterocycles. The van der Waals surface area contributed by atoms with Crippen LogP contribution in [0.15, 0.2) is 24.3 Å². The predicted octanol–water partition coefficient (Wildman–Crippen LogP) is 1.46. The summed E-state index contributed by atoms with van der Waals surface area (Å²) in [6.45, 7) is 9.78. The van der Waals surface area contributed by atoms with Crippen molar-refractivity contribution in [3.8, 4) is 5.75 Å². The molecule has 1 aromatic carbocycles. The topological polar surface area (TPSA) is 53.6 Å². The van der Waals surface area contributed by atoms with Crippen LogP contribution in [-0.2, 0) is 11.2 Å². The minimum Gasteiger partial charge on any atom is -0.491 e. The highest BCUT2D eigenvalue weighted by Crippen LogP contribution is 2.19. The predicted molar refractivity (Wildman–Crippen MR) is 95.5 cm³/mol. The number of carbonyl (C=O) groups is 1. The van der Waals surface area contributed by atoms with Crippen LogP contribution in [0.3, 0.4) is 0 Å². The molecule has 1 heterocycles. The van der Waals surface area contributed by atoms with Gasteiger partial charge in [0.25, 0.3) is 0 Å². The van der Waals surface area contributed by atoms with Crippen molar-refractivity contribution in [3.05, 3.63) is 29.8 Å². The molecule has 6 heteroatoms. The van der Waals surface area contributed by atoms with Crippen LogP contribution in [0.1, 0.15) is 19.4 Å². The minimum absolute atomic E-state index is 0. The van der Waals surface area contributed by atoms with Crippen LogP contribution < -0.4 is 15.4 Å². The van der Waals surface area contributed by atoms with E-state index in [4.69, 9.17) is 4.74 Å². The average Bonchev–Trinajstić information content (AvgIpc) is 2.50. The Morgan fingerprint density at radius 2 is 2.00 bits per heavy atom. The van der Waals surface area contributed by atoms with Crippen molar-refractivity contribution in [3.63, 3.8) is 0 Å². The number of hydrogen-bond acceptors (Lipinski definition) is 4. The number of amides is 1. The first-order valence-corrected chi connectivity index (χ1v) is 8.09. The van der Waals surface area contributed by atoms with E-state index in [1.807, 2.05) is 38.1 Å². The monoisotopic (exact) mass is 341 g/mol.